The molecule has 1 aromatic rings. The smallest absolute Gasteiger partial charge is 0.165 e. The molecule has 0 spiro atoms. The first-order valence-corrected chi connectivity index (χ1v) is 4.15. The van der Waals surface area contributed by atoms with Crippen LogP contribution in [0.2, 0.25) is 0 Å². The number of para-hydroxylation sites is 1. The van der Waals surface area contributed by atoms with Crippen molar-refractivity contribution < 1.29 is 9.13 Å². The maximum atomic E-state index is 13.2. The van der Waals surface area contributed by atoms with Gasteiger partial charge < -0.3 is 10.5 Å². The number of hydrogen-bond acceptors (Lipinski definition) is 3. The molecule has 0 radical (unpaired) electrons. The van der Waals surface area contributed by atoms with Crippen LogP contribution in [0.4, 0.5) is 4.39 Å². The summed E-state index contributed by atoms with van der Waals surface area (Å²) in [7, 11) is 1.38. The summed E-state index contributed by atoms with van der Waals surface area (Å²) in [6, 6.07) is 5.92. The van der Waals surface area contributed by atoms with Gasteiger partial charge >= 0.3 is 0 Å². The highest BCUT2D eigenvalue weighted by atomic mass is 19.1. The van der Waals surface area contributed by atoms with Crippen LogP contribution in [-0.4, -0.2) is 7.11 Å². The van der Waals surface area contributed by atoms with Gasteiger partial charge in [-0.3, -0.25) is 0 Å². The molecular formula is C10H11FN2O. The van der Waals surface area contributed by atoms with Gasteiger partial charge in [0.2, 0.25) is 0 Å². The Labute approximate surface area is 81.9 Å². The van der Waals surface area contributed by atoms with Gasteiger partial charge in [0.1, 0.15) is 0 Å². The van der Waals surface area contributed by atoms with Crippen LogP contribution in [0.15, 0.2) is 18.2 Å². The summed E-state index contributed by atoms with van der Waals surface area (Å²) in [5.74, 6) is -0.339. The van der Waals surface area contributed by atoms with Gasteiger partial charge in [-0.1, -0.05) is 12.1 Å². The van der Waals surface area contributed by atoms with Crippen molar-refractivity contribution in [3.05, 3.63) is 29.6 Å². The van der Waals surface area contributed by atoms with Crippen LogP contribution in [0.1, 0.15) is 18.0 Å². The standard InChI is InChI=1S/C10H11FN2O/c1-14-10-7(9(13)5-6-12)3-2-4-8(10)11/h2-4,9H,5,13H2,1H3/t9-/m0/s1. The third-order valence-electron chi connectivity index (χ3n) is 1.91. The van der Waals surface area contributed by atoms with Crippen molar-refractivity contribution in [3.63, 3.8) is 0 Å². The maximum Gasteiger partial charge on any atom is 0.165 e. The van der Waals surface area contributed by atoms with Crippen LogP contribution in [0.3, 0.4) is 0 Å². The zero-order chi connectivity index (χ0) is 10.6. The lowest BCUT2D eigenvalue weighted by molar-refractivity contribution is 0.378. The van der Waals surface area contributed by atoms with Gasteiger partial charge in [-0.15, -0.1) is 0 Å². The van der Waals surface area contributed by atoms with E-state index in [1.165, 1.54) is 13.2 Å². The average Bonchev–Trinajstić information content (AvgIpc) is 2.17. The number of nitriles is 1. The highest BCUT2D eigenvalue weighted by Gasteiger charge is 2.14. The van der Waals surface area contributed by atoms with E-state index in [4.69, 9.17) is 15.7 Å². The highest BCUT2D eigenvalue weighted by molar-refractivity contribution is 5.37. The molecule has 1 aromatic carbocycles. The van der Waals surface area contributed by atoms with E-state index >= 15 is 0 Å². The molecule has 0 aliphatic heterocycles. The summed E-state index contributed by atoms with van der Waals surface area (Å²) >= 11 is 0. The molecule has 1 rings (SSSR count). The second-order valence-electron chi connectivity index (χ2n) is 2.83. The van der Waals surface area contributed by atoms with Crippen LogP contribution in [0, 0.1) is 17.1 Å². The lowest BCUT2D eigenvalue weighted by Crippen LogP contribution is -2.11. The second kappa shape index (κ2) is 4.58. The van der Waals surface area contributed by atoms with Crippen LogP contribution in [0.25, 0.3) is 0 Å². The summed E-state index contributed by atoms with van der Waals surface area (Å²) in [6.07, 6.45) is 0.139. The normalized spacial score (nSPS) is 11.9. The molecule has 14 heavy (non-hydrogen) atoms. The number of halogens is 1. The van der Waals surface area contributed by atoms with E-state index in [1.54, 1.807) is 12.1 Å². The molecule has 0 aliphatic carbocycles. The molecule has 0 heterocycles. The number of nitrogens with zero attached hydrogens (tertiary/aromatic N) is 1. The third-order valence-corrected chi connectivity index (χ3v) is 1.91. The minimum Gasteiger partial charge on any atom is -0.493 e. The number of benzene rings is 1. The Morgan fingerprint density at radius 3 is 2.93 bits per heavy atom. The summed E-state index contributed by atoms with van der Waals surface area (Å²) in [5, 5.41) is 8.47. The van der Waals surface area contributed by atoms with Crippen LogP contribution >= 0.6 is 0 Å². The van der Waals surface area contributed by atoms with Crippen molar-refractivity contribution in [3.8, 4) is 11.8 Å². The van der Waals surface area contributed by atoms with E-state index in [9.17, 15) is 4.39 Å². The fraction of sp³-hybridized carbons (Fsp3) is 0.300. The minimum atomic E-state index is -0.509. The molecular weight excluding hydrogens is 183 g/mol. The topological polar surface area (TPSA) is 59.0 Å². The second-order valence-corrected chi connectivity index (χ2v) is 2.83. The molecule has 0 bridgehead atoms. The monoisotopic (exact) mass is 194 g/mol. The predicted octanol–water partition coefficient (Wildman–Crippen LogP) is 1.75. The summed E-state index contributed by atoms with van der Waals surface area (Å²) < 4.78 is 18.1. The molecule has 4 heteroatoms. The number of ether oxygens (including phenoxy) is 1. The summed E-state index contributed by atoms with van der Waals surface area (Å²) in [6.45, 7) is 0. The van der Waals surface area contributed by atoms with Crippen molar-refractivity contribution in [1.29, 1.82) is 5.26 Å². The van der Waals surface area contributed by atoms with Crippen molar-refractivity contribution in [2.45, 2.75) is 12.5 Å². The van der Waals surface area contributed by atoms with E-state index in [0.29, 0.717) is 5.56 Å². The van der Waals surface area contributed by atoms with Crippen molar-refractivity contribution in [2.75, 3.05) is 7.11 Å². The number of hydrogen-bond donors (Lipinski definition) is 1. The molecule has 0 aliphatic rings. The number of rotatable bonds is 3. The molecule has 1 atom stereocenters. The SMILES string of the molecule is COc1c(F)cccc1[C@@H](N)CC#N. The van der Waals surface area contributed by atoms with E-state index in [0.717, 1.165) is 0 Å². The Morgan fingerprint density at radius 2 is 2.36 bits per heavy atom. The predicted molar refractivity (Wildman–Crippen MR) is 50.1 cm³/mol. The van der Waals surface area contributed by atoms with E-state index in [1.807, 2.05) is 6.07 Å². The van der Waals surface area contributed by atoms with Crippen molar-refractivity contribution >= 4 is 0 Å². The van der Waals surface area contributed by atoms with Gasteiger partial charge in [-0.05, 0) is 6.07 Å². The Balaban J connectivity index is 3.08. The Morgan fingerprint density at radius 1 is 1.64 bits per heavy atom. The van der Waals surface area contributed by atoms with Crippen LogP contribution < -0.4 is 10.5 Å². The third kappa shape index (κ3) is 2.01. The largest absolute Gasteiger partial charge is 0.493 e. The van der Waals surface area contributed by atoms with Gasteiger partial charge in [0.25, 0.3) is 0 Å². The Bertz CT molecular complexity index is 360. The van der Waals surface area contributed by atoms with Gasteiger partial charge in [0.15, 0.2) is 11.6 Å². The lowest BCUT2D eigenvalue weighted by Gasteiger charge is -2.13. The zero-order valence-corrected chi connectivity index (χ0v) is 7.83. The first-order chi connectivity index (χ1) is 6.70. The van der Waals surface area contributed by atoms with Crippen LogP contribution in [0.5, 0.6) is 5.75 Å². The molecule has 0 saturated heterocycles. The van der Waals surface area contributed by atoms with Gasteiger partial charge in [-0.25, -0.2) is 4.39 Å². The van der Waals surface area contributed by atoms with Crippen LogP contribution in [-0.2, 0) is 0 Å². The minimum absolute atomic E-state index is 0.121. The van der Waals surface area contributed by atoms with Gasteiger partial charge in [0, 0.05) is 11.6 Å². The van der Waals surface area contributed by atoms with Gasteiger partial charge in [-0.2, -0.15) is 5.26 Å². The first kappa shape index (κ1) is 10.5. The molecule has 3 nitrogen and oxygen atoms in total. The molecule has 0 amide bonds. The number of methoxy groups -OCH3 is 1. The Kier molecular flexibility index (Phi) is 3.43. The zero-order valence-electron chi connectivity index (χ0n) is 7.83. The average molecular weight is 194 g/mol. The summed E-state index contributed by atoms with van der Waals surface area (Å²) in [4.78, 5) is 0. The Hall–Kier alpha value is -1.60. The summed E-state index contributed by atoms with van der Waals surface area (Å²) in [5.41, 5.74) is 6.20. The number of nitrogens with two attached hydrogens (primary N) is 1. The van der Waals surface area contributed by atoms with E-state index in [-0.39, 0.29) is 12.2 Å². The fourth-order valence-corrected chi connectivity index (χ4v) is 1.24. The maximum absolute atomic E-state index is 13.2. The molecule has 0 unspecified atom stereocenters. The molecule has 74 valence electrons. The van der Waals surface area contributed by atoms with E-state index < -0.39 is 11.9 Å². The highest BCUT2D eigenvalue weighted by Crippen LogP contribution is 2.27. The van der Waals surface area contributed by atoms with E-state index in [2.05, 4.69) is 0 Å². The van der Waals surface area contributed by atoms with Crippen molar-refractivity contribution in [1.82, 2.24) is 0 Å². The fourth-order valence-electron chi connectivity index (χ4n) is 1.24. The lowest BCUT2D eigenvalue weighted by atomic mass is 10.0. The first-order valence-electron chi connectivity index (χ1n) is 4.15. The molecule has 0 saturated carbocycles. The quantitative estimate of drug-likeness (QED) is 0.797. The van der Waals surface area contributed by atoms with Crippen molar-refractivity contribution in [2.24, 2.45) is 5.73 Å². The molecule has 2 N–H and O–H groups in total. The molecule has 0 aromatic heterocycles. The van der Waals surface area contributed by atoms with Gasteiger partial charge in [0.05, 0.1) is 19.6 Å². The molecule has 0 fully saturated rings.